The second kappa shape index (κ2) is 4.55. The molecule has 0 radical (unpaired) electrons. The summed E-state index contributed by atoms with van der Waals surface area (Å²) < 4.78 is 0. The van der Waals surface area contributed by atoms with Gasteiger partial charge in [-0.25, -0.2) is 0 Å². The Morgan fingerprint density at radius 1 is 1.67 bits per heavy atom. The van der Waals surface area contributed by atoms with E-state index in [2.05, 4.69) is 26.0 Å². The molecular weight excluding hydrogens is 170 g/mol. The van der Waals surface area contributed by atoms with Gasteiger partial charge in [0.15, 0.2) is 0 Å². The van der Waals surface area contributed by atoms with E-state index in [4.69, 9.17) is 0 Å². The van der Waals surface area contributed by atoms with Gasteiger partial charge in [0, 0.05) is 6.54 Å². The van der Waals surface area contributed by atoms with Gasteiger partial charge in [-0.2, -0.15) is 0 Å². The van der Waals surface area contributed by atoms with Crippen LogP contribution in [-0.2, 0) is 4.79 Å². The Labute approximate surface area is 78.0 Å². The maximum absolute atomic E-state index is 11.3. The van der Waals surface area contributed by atoms with Crippen LogP contribution in [0.2, 0.25) is 0 Å². The van der Waals surface area contributed by atoms with E-state index in [-0.39, 0.29) is 5.91 Å². The van der Waals surface area contributed by atoms with Crippen molar-refractivity contribution in [3.63, 3.8) is 0 Å². The van der Waals surface area contributed by atoms with Crippen LogP contribution in [0.1, 0.15) is 20.3 Å². The molecule has 12 heavy (non-hydrogen) atoms. The SMILES string of the molecule is CC/C=C\CN1C(=O)CSC1C. The van der Waals surface area contributed by atoms with Gasteiger partial charge in [-0.1, -0.05) is 19.1 Å². The van der Waals surface area contributed by atoms with Crippen molar-refractivity contribution in [2.45, 2.75) is 25.6 Å². The first kappa shape index (κ1) is 9.65. The first-order chi connectivity index (χ1) is 5.75. The van der Waals surface area contributed by atoms with Gasteiger partial charge >= 0.3 is 0 Å². The molecule has 0 N–H and O–H groups in total. The summed E-state index contributed by atoms with van der Waals surface area (Å²) in [5.74, 6) is 0.925. The van der Waals surface area contributed by atoms with Crippen LogP contribution in [0.4, 0.5) is 0 Å². The first-order valence-corrected chi connectivity index (χ1v) is 5.36. The van der Waals surface area contributed by atoms with E-state index >= 15 is 0 Å². The number of carbonyl (C=O) groups excluding carboxylic acids is 1. The zero-order valence-electron chi connectivity index (χ0n) is 7.62. The minimum Gasteiger partial charge on any atom is -0.327 e. The van der Waals surface area contributed by atoms with Crippen molar-refractivity contribution in [1.29, 1.82) is 0 Å². The third-order valence-electron chi connectivity index (χ3n) is 1.91. The van der Waals surface area contributed by atoms with E-state index in [0.717, 1.165) is 13.0 Å². The summed E-state index contributed by atoms with van der Waals surface area (Å²) in [6, 6.07) is 0. The molecule has 0 spiro atoms. The van der Waals surface area contributed by atoms with Crippen LogP contribution in [0, 0.1) is 0 Å². The summed E-state index contributed by atoms with van der Waals surface area (Å²) in [7, 11) is 0. The molecule has 1 unspecified atom stereocenters. The fraction of sp³-hybridized carbons (Fsp3) is 0.667. The Morgan fingerprint density at radius 3 is 2.92 bits per heavy atom. The predicted molar refractivity (Wildman–Crippen MR) is 53.1 cm³/mol. The molecule has 1 rings (SSSR count). The van der Waals surface area contributed by atoms with Crippen LogP contribution < -0.4 is 0 Å². The molecule has 1 saturated heterocycles. The molecule has 1 fully saturated rings. The molecule has 0 aromatic rings. The van der Waals surface area contributed by atoms with Gasteiger partial charge in [0.1, 0.15) is 0 Å². The number of hydrogen-bond acceptors (Lipinski definition) is 2. The Bertz CT molecular complexity index is 191. The summed E-state index contributed by atoms with van der Waals surface area (Å²) in [6.45, 7) is 4.96. The fourth-order valence-electron chi connectivity index (χ4n) is 1.17. The normalized spacial score (nSPS) is 24.3. The number of rotatable bonds is 3. The van der Waals surface area contributed by atoms with Crippen LogP contribution in [0.15, 0.2) is 12.2 Å². The molecule has 1 heterocycles. The van der Waals surface area contributed by atoms with Crippen LogP contribution in [0.5, 0.6) is 0 Å². The van der Waals surface area contributed by atoms with Crippen molar-refractivity contribution in [2.75, 3.05) is 12.3 Å². The first-order valence-electron chi connectivity index (χ1n) is 4.31. The molecule has 68 valence electrons. The van der Waals surface area contributed by atoms with E-state index in [1.165, 1.54) is 0 Å². The van der Waals surface area contributed by atoms with Gasteiger partial charge in [-0.05, 0) is 13.3 Å². The monoisotopic (exact) mass is 185 g/mol. The third kappa shape index (κ3) is 2.27. The van der Waals surface area contributed by atoms with Gasteiger partial charge in [0.2, 0.25) is 5.91 Å². The molecule has 0 aromatic carbocycles. The largest absolute Gasteiger partial charge is 0.327 e. The highest BCUT2D eigenvalue weighted by atomic mass is 32.2. The van der Waals surface area contributed by atoms with Crippen molar-refractivity contribution in [3.05, 3.63) is 12.2 Å². The van der Waals surface area contributed by atoms with Crippen LogP contribution >= 0.6 is 11.8 Å². The second-order valence-corrected chi connectivity index (χ2v) is 4.14. The van der Waals surface area contributed by atoms with Gasteiger partial charge < -0.3 is 4.90 Å². The van der Waals surface area contributed by atoms with Crippen molar-refractivity contribution >= 4 is 17.7 Å². The molecular formula is C9H15NOS. The average Bonchev–Trinajstić information content (AvgIpc) is 2.35. The van der Waals surface area contributed by atoms with Crippen molar-refractivity contribution in [3.8, 4) is 0 Å². The zero-order valence-corrected chi connectivity index (χ0v) is 8.43. The Morgan fingerprint density at radius 2 is 2.42 bits per heavy atom. The standard InChI is InChI=1S/C9H15NOS/c1-3-4-5-6-10-8(2)12-7-9(10)11/h4-5,8H,3,6-7H2,1-2H3/b5-4-. The fourth-order valence-corrected chi connectivity index (χ4v) is 2.11. The molecule has 3 heteroatoms. The van der Waals surface area contributed by atoms with Crippen LogP contribution in [-0.4, -0.2) is 28.5 Å². The predicted octanol–water partition coefficient (Wildman–Crippen LogP) is 1.87. The van der Waals surface area contributed by atoms with Gasteiger partial charge in [-0.15, -0.1) is 11.8 Å². The number of carbonyl (C=O) groups is 1. The smallest absolute Gasteiger partial charge is 0.233 e. The summed E-state index contributed by atoms with van der Waals surface area (Å²) in [5, 5.41) is 0.360. The van der Waals surface area contributed by atoms with Gasteiger partial charge in [0.25, 0.3) is 0 Å². The molecule has 1 aliphatic heterocycles. The highest BCUT2D eigenvalue weighted by Crippen LogP contribution is 2.23. The van der Waals surface area contributed by atoms with Crippen molar-refractivity contribution in [2.24, 2.45) is 0 Å². The van der Waals surface area contributed by atoms with Gasteiger partial charge in [-0.3, -0.25) is 4.79 Å². The van der Waals surface area contributed by atoms with E-state index in [1.807, 2.05) is 4.90 Å². The van der Waals surface area contributed by atoms with E-state index in [9.17, 15) is 4.79 Å². The third-order valence-corrected chi connectivity index (χ3v) is 3.06. The molecule has 1 amide bonds. The summed E-state index contributed by atoms with van der Waals surface area (Å²) >= 11 is 1.71. The minimum atomic E-state index is 0.272. The van der Waals surface area contributed by atoms with Crippen molar-refractivity contribution in [1.82, 2.24) is 4.90 Å². The molecule has 0 saturated carbocycles. The van der Waals surface area contributed by atoms with Crippen LogP contribution in [0.25, 0.3) is 0 Å². The van der Waals surface area contributed by atoms with Gasteiger partial charge in [0.05, 0.1) is 11.1 Å². The second-order valence-electron chi connectivity index (χ2n) is 2.84. The van der Waals surface area contributed by atoms with E-state index in [1.54, 1.807) is 11.8 Å². The average molecular weight is 185 g/mol. The Balaban J connectivity index is 2.39. The van der Waals surface area contributed by atoms with Crippen molar-refractivity contribution < 1.29 is 4.79 Å². The zero-order chi connectivity index (χ0) is 8.97. The number of allylic oxidation sites excluding steroid dienone is 1. The van der Waals surface area contributed by atoms with E-state index in [0.29, 0.717) is 11.1 Å². The number of hydrogen-bond donors (Lipinski definition) is 0. The number of amides is 1. The Kier molecular flexibility index (Phi) is 3.66. The summed E-state index contributed by atoms with van der Waals surface area (Å²) in [5.41, 5.74) is 0. The minimum absolute atomic E-state index is 0.272. The lowest BCUT2D eigenvalue weighted by molar-refractivity contribution is -0.127. The topological polar surface area (TPSA) is 20.3 Å². The number of nitrogens with zero attached hydrogens (tertiary/aromatic N) is 1. The molecule has 0 aliphatic carbocycles. The van der Waals surface area contributed by atoms with E-state index < -0.39 is 0 Å². The quantitative estimate of drug-likeness (QED) is 0.626. The maximum Gasteiger partial charge on any atom is 0.233 e. The highest BCUT2D eigenvalue weighted by molar-refractivity contribution is 8.00. The lowest BCUT2D eigenvalue weighted by atomic mass is 10.4. The lowest BCUT2D eigenvalue weighted by Crippen LogP contribution is -2.30. The highest BCUT2D eigenvalue weighted by Gasteiger charge is 2.26. The Hall–Kier alpha value is -0.440. The molecule has 1 aliphatic rings. The molecule has 1 atom stereocenters. The lowest BCUT2D eigenvalue weighted by Gasteiger charge is -2.18. The summed E-state index contributed by atoms with van der Waals surface area (Å²) in [4.78, 5) is 13.2. The molecule has 0 bridgehead atoms. The summed E-state index contributed by atoms with van der Waals surface area (Å²) in [6.07, 6.45) is 5.22. The molecule has 2 nitrogen and oxygen atoms in total. The maximum atomic E-state index is 11.3. The number of thioether (sulfide) groups is 1. The van der Waals surface area contributed by atoms with Crippen LogP contribution in [0.3, 0.4) is 0 Å². The molecule has 0 aromatic heterocycles.